The van der Waals surface area contributed by atoms with E-state index in [1.54, 1.807) is 27.6 Å². The highest BCUT2D eigenvalue weighted by Crippen LogP contribution is 2.31. The Morgan fingerprint density at radius 3 is 2.74 bits per heavy atom. The van der Waals surface area contributed by atoms with Crippen molar-refractivity contribution in [1.29, 1.82) is 5.26 Å². The molecule has 0 aliphatic carbocycles. The minimum Gasteiger partial charge on any atom is -0.332 e. The highest BCUT2D eigenvalue weighted by molar-refractivity contribution is 7.09. The zero-order valence-electron chi connectivity index (χ0n) is 21.3. The van der Waals surface area contributed by atoms with E-state index in [0.29, 0.717) is 37.7 Å². The number of hydrogen-bond donors (Lipinski definition) is 2. The SMILES string of the molecule is N#CCCN(Cc1cccnc1)C(=O)c1csc(C2CCN(C(=O)Nc3cc(-c4ccccc4)[nH]n3)CC2)n1. The highest BCUT2D eigenvalue weighted by Gasteiger charge is 2.27. The van der Waals surface area contributed by atoms with Gasteiger partial charge < -0.3 is 9.80 Å². The number of benzene rings is 1. The molecule has 0 saturated carbocycles. The van der Waals surface area contributed by atoms with Crippen LogP contribution in [0, 0.1) is 11.3 Å². The van der Waals surface area contributed by atoms with Crippen LogP contribution in [-0.2, 0) is 6.54 Å². The summed E-state index contributed by atoms with van der Waals surface area (Å²) in [5, 5.41) is 21.8. The summed E-state index contributed by atoms with van der Waals surface area (Å²) in [5.41, 5.74) is 3.13. The fourth-order valence-corrected chi connectivity index (χ4v) is 5.52. The molecule has 2 N–H and O–H groups in total. The van der Waals surface area contributed by atoms with Crippen molar-refractivity contribution in [2.75, 3.05) is 25.0 Å². The molecule has 1 saturated heterocycles. The van der Waals surface area contributed by atoms with Gasteiger partial charge in [-0.25, -0.2) is 9.78 Å². The van der Waals surface area contributed by atoms with Crippen LogP contribution in [0.5, 0.6) is 0 Å². The molecule has 4 heterocycles. The molecule has 10 nitrogen and oxygen atoms in total. The summed E-state index contributed by atoms with van der Waals surface area (Å²) in [7, 11) is 0. The molecule has 1 fully saturated rings. The zero-order chi connectivity index (χ0) is 27.0. The number of nitriles is 1. The zero-order valence-corrected chi connectivity index (χ0v) is 22.1. The van der Waals surface area contributed by atoms with E-state index in [9.17, 15) is 9.59 Å². The van der Waals surface area contributed by atoms with E-state index < -0.39 is 0 Å². The summed E-state index contributed by atoms with van der Waals surface area (Å²) in [6.45, 7) is 1.88. The summed E-state index contributed by atoms with van der Waals surface area (Å²) in [4.78, 5) is 38.3. The maximum absolute atomic E-state index is 13.2. The fraction of sp³-hybridized carbons (Fsp3) is 0.286. The van der Waals surface area contributed by atoms with Crippen molar-refractivity contribution in [3.05, 3.63) is 82.6 Å². The number of piperidine rings is 1. The topological polar surface area (TPSA) is 131 Å². The van der Waals surface area contributed by atoms with Gasteiger partial charge in [0.05, 0.1) is 23.2 Å². The average Bonchev–Trinajstić information content (AvgIpc) is 3.67. The van der Waals surface area contributed by atoms with E-state index >= 15 is 0 Å². The van der Waals surface area contributed by atoms with Crippen LogP contribution in [0.3, 0.4) is 0 Å². The van der Waals surface area contributed by atoms with Gasteiger partial charge in [-0.15, -0.1) is 11.3 Å². The van der Waals surface area contributed by atoms with Gasteiger partial charge in [-0.2, -0.15) is 10.4 Å². The molecule has 1 aliphatic rings. The number of anilines is 1. The third-order valence-electron chi connectivity index (χ3n) is 6.65. The monoisotopic (exact) mass is 540 g/mol. The number of nitrogens with one attached hydrogen (secondary N) is 2. The summed E-state index contributed by atoms with van der Waals surface area (Å²) >= 11 is 1.48. The molecule has 0 unspecified atom stereocenters. The number of aromatic nitrogens is 4. The number of rotatable bonds is 8. The number of pyridine rings is 1. The van der Waals surface area contributed by atoms with E-state index in [0.717, 1.165) is 34.7 Å². The van der Waals surface area contributed by atoms with Gasteiger partial charge in [0.1, 0.15) is 5.69 Å². The summed E-state index contributed by atoms with van der Waals surface area (Å²) < 4.78 is 0. The van der Waals surface area contributed by atoms with Gasteiger partial charge in [0, 0.05) is 55.9 Å². The van der Waals surface area contributed by atoms with Crippen LogP contribution < -0.4 is 5.32 Å². The smallest absolute Gasteiger partial charge is 0.323 e. The predicted molar refractivity (Wildman–Crippen MR) is 148 cm³/mol. The van der Waals surface area contributed by atoms with E-state index in [2.05, 4.69) is 31.6 Å². The Labute approximate surface area is 230 Å². The fourth-order valence-electron chi connectivity index (χ4n) is 4.55. The van der Waals surface area contributed by atoms with Crippen molar-refractivity contribution in [2.24, 2.45) is 0 Å². The number of thiazole rings is 1. The van der Waals surface area contributed by atoms with Crippen molar-refractivity contribution in [2.45, 2.75) is 31.7 Å². The molecule has 3 amide bonds. The molecule has 5 rings (SSSR count). The van der Waals surface area contributed by atoms with Gasteiger partial charge in [-0.1, -0.05) is 36.4 Å². The molecular weight excluding hydrogens is 512 g/mol. The molecule has 0 atom stereocenters. The number of likely N-dealkylation sites (tertiary alicyclic amines) is 1. The standard InChI is InChI=1S/C28H28N8O2S/c29-11-5-13-36(18-20-6-4-12-30-17-20)27(37)24-19-39-26(31-24)22-9-14-35(15-10-22)28(38)32-25-16-23(33-34-25)21-7-2-1-3-8-21/h1-4,6-8,12,16-17,19,22H,5,9-10,13-15,18H2,(H2,32,33,34,38). The lowest BCUT2D eigenvalue weighted by Crippen LogP contribution is -2.40. The maximum atomic E-state index is 13.2. The number of urea groups is 1. The number of hydrogen-bond acceptors (Lipinski definition) is 7. The molecule has 198 valence electrons. The normalized spacial score (nSPS) is 13.6. The van der Waals surface area contributed by atoms with Crippen molar-refractivity contribution in [3.63, 3.8) is 0 Å². The van der Waals surface area contributed by atoms with Crippen molar-refractivity contribution in [1.82, 2.24) is 30.0 Å². The third kappa shape index (κ3) is 6.48. The first-order valence-electron chi connectivity index (χ1n) is 12.8. The van der Waals surface area contributed by atoms with Gasteiger partial charge in [-0.05, 0) is 30.0 Å². The van der Waals surface area contributed by atoms with Crippen LogP contribution in [0.4, 0.5) is 10.6 Å². The Bertz CT molecular complexity index is 1440. The Hall–Kier alpha value is -4.56. The summed E-state index contributed by atoms with van der Waals surface area (Å²) in [6.07, 6.45) is 5.18. The van der Waals surface area contributed by atoms with Crippen LogP contribution in [0.1, 0.15) is 46.2 Å². The first-order valence-corrected chi connectivity index (χ1v) is 13.7. The first-order chi connectivity index (χ1) is 19.1. The Morgan fingerprint density at radius 2 is 2.00 bits per heavy atom. The number of amides is 3. The largest absolute Gasteiger partial charge is 0.332 e. The molecule has 0 bridgehead atoms. The molecule has 0 radical (unpaired) electrons. The number of carbonyl (C=O) groups excluding carboxylic acids is 2. The molecule has 0 spiro atoms. The molecule has 3 aromatic heterocycles. The van der Waals surface area contributed by atoms with E-state index in [1.807, 2.05) is 48.5 Å². The second kappa shape index (κ2) is 12.3. The van der Waals surface area contributed by atoms with Crippen LogP contribution in [0.25, 0.3) is 11.3 Å². The van der Waals surface area contributed by atoms with E-state index in [1.165, 1.54) is 11.3 Å². The van der Waals surface area contributed by atoms with Crippen molar-refractivity contribution in [3.8, 4) is 17.3 Å². The lowest BCUT2D eigenvalue weighted by atomic mass is 9.98. The van der Waals surface area contributed by atoms with E-state index in [-0.39, 0.29) is 24.3 Å². The highest BCUT2D eigenvalue weighted by atomic mass is 32.1. The molecule has 39 heavy (non-hydrogen) atoms. The number of aromatic amines is 1. The van der Waals surface area contributed by atoms with E-state index in [4.69, 9.17) is 5.26 Å². The summed E-state index contributed by atoms with van der Waals surface area (Å²) in [5.74, 6) is 0.472. The minimum absolute atomic E-state index is 0.182. The molecule has 11 heteroatoms. The third-order valence-corrected chi connectivity index (χ3v) is 7.65. The Balaban J connectivity index is 1.16. The number of nitrogens with zero attached hydrogens (tertiary/aromatic N) is 6. The van der Waals surface area contributed by atoms with Gasteiger partial charge in [-0.3, -0.25) is 20.2 Å². The molecule has 4 aromatic rings. The molecule has 1 aromatic carbocycles. The van der Waals surface area contributed by atoms with Crippen LogP contribution in [-0.4, -0.2) is 61.5 Å². The van der Waals surface area contributed by atoms with Gasteiger partial charge in [0.25, 0.3) is 5.91 Å². The van der Waals surface area contributed by atoms with Gasteiger partial charge in [0.2, 0.25) is 0 Å². The van der Waals surface area contributed by atoms with Gasteiger partial charge in [0.15, 0.2) is 5.82 Å². The molecule has 1 aliphatic heterocycles. The second-order valence-corrected chi connectivity index (χ2v) is 10.2. The van der Waals surface area contributed by atoms with Crippen LogP contribution in [0.15, 0.2) is 66.3 Å². The lowest BCUT2D eigenvalue weighted by Gasteiger charge is -2.30. The Kier molecular flexibility index (Phi) is 8.23. The van der Waals surface area contributed by atoms with Crippen molar-refractivity contribution >= 4 is 29.1 Å². The Morgan fingerprint density at radius 1 is 1.18 bits per heavy atom. The number of H-pyrrole nitrogens is 1. The maximum Gasteiger partial charge on any atom is 0.323 e. The van der Waals surface area contributed by atoms with Crippen LogP contribution >= 0.6 is 11.3 Å². The predicted octanol–water partition coefficient (Wildman–Crippen LogP) is 4.90. The first kappa shape index (κ1) is 26.1. The molecular formula is C28H28N8O2S. The van der Waals surface area contributed by atoms with Crippen LogP contribution in [0.2, 0.25) is 0 Å². The summed E-state index contributed by atoms with van der Waals surface area (Å²) in [6, 6.07) is 17.3. The lowest BCUT2D eigenvalue weighted by molar-refractivity contribution is 0.0741. The average molecular weight is 541 g/mol. The quantitative estimate of drug-likeness (QED) is 0.327. The number of carbonyl (C=O) groups is 2. The minimum atomic E-state index is -0.192. The van der Waals surface area contributed by atoms with Gasteiger partial charge >= 0.3 is 6.03 Å². The second-order valence-electron chi connectivity index (χ2n) is 9.29. The van der Waals surface area contributed by atoms with Crippen molar-refractivity contribution < 1.29 is 9.59 Å².